The van der Waals surface area contributed by atoms with Crippen LogP contribution >= 0.6 is 0 Å². The molecule has 0 heterocycles. The summed E-state index contributed by atoms with van der Waals surface area (Å²) in [6.07, 6.45) is 0. The molecule has 6 heteroatoms. The molecule has 0 unspecified atom stereocenters. The maximum absolute atomic E-state index is 11.6. The van der Waals surface area contributed by atoms with Gasteiger partial charge in [-0.1, -0.05) is 18.2 Å². The Morgan fingerprint density at radius 3 is 2.52 bits per heavy atom. The monoisotopic (exact) mass is 294 g/mol. The molecular formula is C15H22N2O4. The van der Waals surface area contributed by atoms with Gasteiger partial charge in [-0.15, -0.1) is 0 Å². The van der Waals surface area contributed by atoms with E-state index in [4.69, 9.17) is 9.47 Å². The van der Waals surface area contributed by atoms with Crippen LogP contribution in [0.15, 0.2) is 30.3 Å². The van der Waals surface area contributed by atoms with Gasteiger partial charge >= 0.3 is 0 Å². The molecule has 21 heavy (non-hydrogen) atoms. The SMILES string of the molecule is COCCN(CCNC(=O)COc1ccccc1)C(C)=O. The third-order valence-electron chi connectivity index (χ3n) is 2.83. The number of benzene rings is 1. The first-order chi connectivity index (χ1) is 10.1. The lowest BCUT2D eigenvalue weighted by molar-refractivity contribution is -0.130. The van der Waals surface area contributed by atoms with Gasteiger partial charge in [-0.25, -0.2) is 0 Å². The van der Waals surface area contributed by atoms with Crippen LogP contribution in [-0.4, -0.2) is 56.7 Å². The maximum atomic E-state index is 11.6. The zero-order chi connectivity index (χ0) is 15.5. The van der Waals surface area contributed by atoms with Gasteiger partial charge in [0.25, 0.3) is 5.91 Å². The second-order valence-electron chi connectivity index (χ2n) is 4.45. The molecule has 0 radical (unpaired) electrons. The maximum Gasteiger partial charge on any atom is 0.258 e. The van der Waals surface area contributed by atoms with Crippen molar-refractivity contribution in [3.8, 4) is 5.75 Å². The summed E-state index contributed by atoms with van der Waals surface area (Å²) < 4.78 is 10.3. The molecule has 0 fully saturated rings. The summed E-state index contributed by atoms with van der Waals surface area (Å²) in [6, 6.07) is 9.13. The fraction of sp³-hybridized carbons (Fsp3) is 0.467. The van der Waals surface area contributed by atoms with Crippen LogP contribution in [0.1, 0.15) is 6.92 Å². The number of amides is 2. The van der Waals surface area contributed by atoms with E-state index in [0.29, 0.717) is 32.0 Å². The highest BCUT2D eigenvalue weighted by Gasteiger charge is 2.09. The van der Waals surface area contributed by atoms with Gasteiger partial charge in [0, 0.05) is 33.7 Å². The number of methoxy groups -OCH3 is 1. The molecule has 6 nitrogen and oxygen atoms in total. The Morgan fingerprint density at radius 1 is 1.19 bits per heavy atom. The first kappa shape index (κ1) is 17.0. The summed E-state index contributed by atoms with van der Waals surface area (Å²) in [5.74, 6) is 0.397. The zero-order valence-corrected chi connectivity index (χ0v) is 12.5. The first-order valence-electron chi connectivity index (χ1n) is 6.82. The standard InChI is InChI=1S/C15H22N2O4/c1-13(18)17(10-11-20-2)9-8-16-15(19)12-21-14-6-4-3-5-7-14/h3-7H,8-12H2,1-2H3,(H,16,19). The number of rotatable bonds is 9. The molecule has 0 bridgehead atoms. The minimum Gasteiger partial charge on any atom is -0.484 e. The Morgan fingerprint density at radius 2 is 1.90 bits per heavy atom. The van der Waals surface area contributed by atoms with E-state index in [9.17, 15) is 9.59 Å². The number of carbonyl (C=O) groups is 2. The molecule has 116 valence electrons. The summed E-state index contributed by atoms with van der Waals surface area (Å²) in [7, 11) is 1.58. The van der Waals surface area contributed by atoms with Gasteiger partial charge in [-0.2, -0.15) is 0 Å². The first-order valence-corrected chi connectivity index (χ1v) is 6.82. The van der Waals surface area contributed by atoms with Crippen LogP contribution in [0.25, 0.3) is 0 Å². The Kier molecular flexibility index (Phi) is 7.89. The van der Waals surface area contributed by atoms with Crippen molar-refractivity contribution in [1.82, 2.24) is 10.2 Å². The molecule has 1 rings (SSSR count). The molecule has 0 atom stereocenters. The quantitative estimate of drug-likeness (QED) is 0.727. The largest absolute Gasteiger partial charge is 0.484 e. The molecule has 0 saturated carbocycles. The van der Waals surface area contributed by atoms with E-state index in [1.807, 2.05) is 18.2 Å². The van der Waals surface area contributed by atoms with Crippen molar-refractivity contribution in [2.45, 2.75) is 6.92 Å². The van der Waals surface area contributed by atoms with Crippen molar-refractivity contribution >= 4 is 11.8 Å². The molecule has 1 aromatic carbocycles. The van der Waals surface area contributed by atoms with E-state index in [-0.39, 0.29) is 18.4 Å². The lowest BCUT2D eigenvalue weighted by atomic mass is 10.3. The Bertz CT molecular complexity index is 437. The second-order valence-corrected chi connectivity index (χ2v) is 4.45. The lowest BCUT2D eigenvalue weighted by Gasteiger charge is -2.20. The average Bonchev–Trinajstić information content (AvgIpc) is 2.49. The van der Waals surface area contributed by atoms with Crippen molar-refractivity contribution in [3.05, 3.63) is 30.3 Å². The Labute approximate surface area is 125 Å². The van der Waals surface area contributed by atoms with E-state index in [0.717, 1.165) is 0 Å². The lowest BCUT2D eigenvalue weighted by Crippen LogP contribution is -2.40. The predicted molar refractivity (Wildman–Crippen MR) is 79.1 cm³/mol. The number of para-hydroxylation sites is 1. The van der Waals surface area contributed by atoms with Gasteiger partial charge in [0.05, 0.1) is 6.61 Å². The molecule has 0 aliphatic carbocycles. The number of nitrogens with one attached hydrogen (secondary N) is 1. The third-order valence-corrected chi connectivity index (χ3v) is 2.83. The Balaban J connectivity index is 2.21. The van der Waals surface area contributed by atoms with Crippen molar-refractivity contribution < 1.29 is 19.1 Å². The van der Waals surface area contributed by atoms with Crippen LogP contribution in [0.2, 0.25) is 0 Å². The van der Waals surface area contributed by atoms with Gasteiger partial charge in [-0.3, -0.25) is 9.59 Å². The molecule has 0 aromatic heterocycles. The smallest absolute Gasteiger partial charge is 0.258 e. The number of ether oxygens (including phenoxy) is 2. The average molecular weight is 294 g/mol. The summed E-state index contributed by atoms with van der Waals surface area (Å²) in [4.78, 5) is 24.6. The highest BCUT2D eigenvalue weighted by Crippen LogP contribution is 2.07. The summed E-state index contributed by atoms with van der Waals surface area (Å²) >= 11 is 0. The number of nitrogens with zero attached hydrogens (tertiary/aromatic N) is 1. The van der Waals surface area contributed by atoms with Crippen LogP contribution in [-0.2, 0) is 14.3 Å². The normalized spacial score (nSPS) is 10.0. The van der Waals surface area contributed by atoms with Gasteiger partial charge in [0.2, 0.25) is 5.91 Å². The van der Waals surface area contributed by atoms with Crippen LogP contribution < -0.4 is 10.1 Å². The van der Waals surface area contributed by atoms with Gasteiger partial charge in [0.1, 0.15) is 5.75 Å². The highest BCUT2D eigenvalue weighted by atomic mass is 16.5. The zero-order valence-electron chi connectivity index (χ0n) is 12.5. The molecule has 1 aromatic rings. The summed E-state index contributed by atoms with van der Waals surface area (Å²) in [6.45, 7) is 3.29. The topological polar surface area (TPSA) is 67.9 Å². The van der Waals surface area contributed by atoms with Gasteiger partial charge in [-0.05, 0) is 12.1 Å². The van der Waals surface area contributed by atoms with Crippen molar-refractivity contribution in [3.63, 3.8) is 0 Å². The number of hydrogen-bond donors (Lipinski definition) is 1. The number of hydrogen-bond acceptors (Lipinski definition) is 4. The summed E-state index contributed by atoms with van der Waals surface area (Å²) in [5, 5.41) is 2.72. The minimum absolute atomic E-state index is 0.0395. The molecule has 0 saturated heterocycles. The van der Waals surface area contributed by atoms with Crippen LogP contribution in [0.4, 0.5) is 0 Å². The van der Waals surface area contributed by atoms with Gasteiger partial charge < -0.3 is 19.7 Å². The Hall–Kier alpha value is -2.08. The molecule has 2 amide bonds. The highest BCUT2D eigenvalue weighted by molar-refractivity contribution is 5.77. The van der Waals surface area contributed by atoms with E-state index in [1.165, 1.54) is 6.92 Å². The van der Waals surface area contributed by atoms with Gasteiger partial charge in [0.15, 0.2) is 6.61 Å². The molecule has 0 spiro atoms. The van der Waals surface area contributed by atoms with E-state index < -0.39 is 0 Å². The van der Waals surface area contributed by atoms with E-state index >= 15 is 0 Å². The van der Waals surface area contributed by atoms with Crippen LogP contribution in [0.3, 0.4) is 0 Å². The molecular weight excluding hydrogens is 272 g/mol. The molecule has 0 aliphatic heterocycles. The fourth-order valence-electron chi connectivity index (χ4n) is 1.68. The predicted octanol–water partition coefficient (Wildman–Crippen LogP) is 0.677. The molecule has 1 N–H and O–H groups in total. The third kappa shape index (κ3) is 7.31. The second kappa shape index (κ2) is 9.77. The van der Waals surface area contributed by atoms with Crippen LogP contribution in [0.5, 0.6) is 5.75 Å². The number of carbonyl (C=O) groups excluding carboxylic acids is 2. The van der Waals surface area contributed by atoms with Crippen molar-refractivity contribution in [2.75, 3.05) is 40.0 Å². The summed E-state index contributed by atoms with van der Waals surface area (Å²) in [5.41, 5.74) is 0. The van der Waals surface area contributed by atoms with Crippen molar-refractivity contribution in [2.24, 2.45) is 0 Å². The van der Waals surface area contributed by atoms with E-state index in [1.54, 1.807) is 24.1 Å². The molecule has 0 aliphatic rings. The minimum atomic E-state index is -0.214. The van der Waals surface area contributed by atoms with Crippen molar-refractivity contribution in [1.29, 1.82) is 0 Å². The van der Waals surface area contributed by atoms with E-state index in [2.05, 4.69) is 5.32 Å². The van der Waals surface area contributed by atoms with Crippen LogP contribution in [0, 0.1) is 0 Å². The fourth-order valence-corrected chi connectivity index (χ4v) is 1.68.